The lowest BCUT2D eigenvalue weighted by molar-refractivity contribution is -0.139. The topological polar surface area (TPSA) is 55.4 Å². The first-order valence-corrected chi connectivity index (χ1v) is 9.25. The van der Waals surface area contributed by atoms with Crippen LogP contribution in [0, 0.1) is 13.8 Å². The zero-order valence-electron chi connectivity index (χ0n) is 14.6. The van der Waals surface area contributed by atoms with E-state index in [-0.39, 0.29) is 17.6 Å². The maximum absolute atomic E-state index is 12.6. The lowest BCUT2D eigenvalue weighted by Gasteiger charge is -2.31. The number of aryl methyl sites for hydroxylation is 2. The third kappa shape index (κ3) is 3.29. The fourth-order valence-electron chi connectivity index (χ4n) is 3.26. The zero-order chi connectivity index (χ0) is 18.0. The van der Waals surface area contributed by atoms with Crippen LogP contribution in [-0.2, 0) is 14.4 Å². The summed E-state index contributed by atoms with van der Waals surface area (Å²) in [5.74, 6) is -0.240. The zero-order valence-corrected chi connectivity index (χ0v) is 15.4. The molecule has 1 aliphatic rings. The molecule has 0 aliphatic carbocycles. The first-order valence-electron chi connectivity index (χ1n) is 8.26. The summed E-state index contributed by atoms with van der Waals surface area (Å²) in [5.41, 5.74) is 4.74. The molecule has 1 atom stereocenters. The molecule has 1 heterocycles. The summed E-state index contributed by atoms with van der Waals surface area (Å²) in [4.78, 5) is 23.7. The summed E-state index contributed by atoms with van der Waals surface area (Å²) in [5, 5.41) is 3.12. The van der Waals surface area contributed by atoms with Crippen LogP contribution in [0.15, 0.2) is 42.5 Å². The first kappa shape index (κ1) is 17.5. The number of hydrogen-bond donors (Lipinski definition) is 1. The molecule has 0 fully saturated rings. The monoisotopic (exact) mass is 355 g/mol. The van der Waals surface area contributed by atoms with Gasteiger partial charge in [0.1, 0.15) is 4.87 Å². The van der Waals surface area contributed by atoms with Crippen molar-refractivity contribution in [3.8, 4) is 0 Å². The van der Waals surface area contributed by atoms with Gasteiger partial charge in [-0.05, 0) is 32.4 Å². The molecule has 2 aromatic carbocycles. The van der Waals surface area contributed by atoms with Crippen LogP contribution in [0.2, 0.25) is 0 Å². The van der Waals surface area contributed by atoms with Crippen molar-refractivity contribution in [2.24, 2.45) is 0 Å². The number of ether oxygens (including phenoxy) is 1. The Bertz CT molecular complexity index is 813. The molecule has 25 heavy (non-hydrogen) atoms. The van der Waals surface area contributed by atoms with Gasteiger partial charge in [-0.25, -0.2) is 0 Å². The van der Waals surface area contributed by atoms with Gasteiger partial charge < -0.3 is 10.1 Å². The highest BCUT2D eigenvalue weighted by atomic mass is 32.2. The number of hydrogen-bond acceptors (Lipinski definition) is 4. The molecule has 0 unspecified atom stereocenters. The molecule has 0 aromatic heterocycles. The normalized spacial score (nSPS) is 18.6. The van der Waals surface area contributed by atoms with E-state index in [4.69, 9.17) is 4.74 Å². The van der Waals surface area contributed by atoms with Crippen molar-refractivity contribution in [1.82, 2.24) is 5.32 Å². The van der Waals surface area contributed by atoms with Gasteiger partial charge in [0.2, 0.25) is 0 Å². The minimum atomic E-state index is -0.781. The second-order valence-electron chi connectivity index (χ2n) is 6.15. The standard InChI is InChI=1S/C20H21NO3S/c1-4-24-18(22)12-25-20(15-10-13(2)9-14(3)11-15)17-8-6-5-7-16(17)19(23)21-20/h5-11H,4,12H2,1-3H3,(H,21,23)/t20-/m0/s1. The predicted molar refractivity (Wildman–Crippen MR) is 99.7 cm³/mol. The molecule has 0 bridgehead atoms. The third-order valence-corrected chi connectivity index (χ3v) is 5.55. The van der Waals surface area contributed by atoms with Crippen LogP contribution < -0.4 is 5.32 Å². The minimum absolute atomic E-state index is 0.119. The summed E-state index contributed by atoms with van der Waals surface area (Å²) in [6.07, 6.45) is 0. The van der Waals surface area contributed by atoms with Crippen LogP contribution in [0.5, 0.6) is 0 Å². The van der Waals surface area contributed by atoms with Crippen molar-refractivity contribution in [1.29, 1.82) is 0 Å². The average molecular weight is 355 g/mol. The van der Waals surface area contributed by atoms with Crippen molar-refractivity contribution >= 4 is 23.6 Å². The molecule has 0 saturated heterocycles. The molecule has 2 aromatic rings. The summed E-state index contributed by atoms with van der Waals surface area (Å²) in [7, 11) is 0. The minimum Gasteiger partial charge on any atom is -0.465 e. The van der Waals surface area contributed by atoms with Crippen LogP contribution in [0.4, 0.5) is 0 Å². The number of nitrogens with one attached hydrogen (secondary N) is 1. The number of benzene rings is 2. The highest BCUT2D eigenvalue weighted by molar-refractivity contribution is 8.01. The number of esters is 1. The molecule has 4 nitrogen and oxygen atoms in total. The largest absolute Gasteiger partial charge is 0.465 e. The van der Waals surface area contributed by atoms with Gasteiger partial charge in [-0.2, -0.15) is 0 Å². The Labute approximate surface area is 152 Å². The second-order valence-corrected chi connectivity index (χ2v) is 7.34. The van der Waals surface area contributed by atoms with Gasteiger partial charge >= 0.3 is 5.97 Å². The molecule has 1 amide bonds. The van der Waals surface area contributed by atoms with Gasteiger partial charge in [-0.3, -0.25) is 9.59 Å². The fraction of sp³-hybridized carbons (Fsp3) is 0.300. The number of carbonyl (C=O) groups excluding carboxylic acids is 2. The van der Waals surface area contributed by atoms with Gasteiger partial charge in [-0.15, -0.1) is 11.8 Å². The Kier molecular flexibility index (Phi) is 4.86. The van der Waals surface area contributed by atoms with Gasteiger partial charge in [0.25, 0.3) is 5.91 Å². The summed E-state index contributed by atoms with van der Waals surface area (Å²) >= 11 is 1.39. The van der Waals surface area contributed by atoms with Gasteiger partial charge in [0.05, 0.1) is 12.4 Å². The van der Waals surface area contributed by atoms with Crippen LogP contribution >= 0.6 is 11.8 Å². The Balaban J connectivity index is 2.10. The summed E-state index contributed by atoms with van der Waals surface area (Å²) in [6.45, 7) is 6.19. The van der Waals surface area contributed by atoms with Gasteiger partial charge in [0.15, 0.2) is 0 Å². The fourth-order valence-corrected chi connectivity index (χ4v) is 4.46. The van der Waals surface area contributed by atoms with Crippen molar-refractivity contribution in [2.75, 3.05) is 12.4 Å². The van der Waals surface area contributed by atoms with E-state index in [1.807, 2.05) is 38.1 Å². The van der Waals surface area contributed by atoms with E-state index in [2.05, 4.69) is 23.5 Å². The number of thioether (sulfide) groups is 1. The highest BCUT2D eigenvalue weighted by Gasteiger charge is 2.45. The molecule has 0 spiro atoms. The molecular formula is C20H21NO3S. The second kappa shape index (κ2) is 6.92. The Morgan fingerprint density at radius 2 is 1.84 bits per heavy atom. The smallest absolute Gasteiger partial charge is 0.315 e. The first-order chi connectivity index (χ1) is 12.0. The summed E-state index contributed by atoms with van der Waals surface area (Å²) in [6, 6.07) is 13.8. The van der Waals surface area contributed by atoms with Crippen molar-refractivity contribution in [3.05, 3.63) is 70.3 Å². The van der Waals surface area contributed by atoms with Crippen LogP contribution in [-0.4, -0.2) is 24.2 Å². The maximum Gasteiger partial charge on any atom is 0.315 e. The molecule has 3 rings (SSSR count). The molecule has 0 radical (unpaired) electrons. The van der Waals surface area contributed by atoms with E-state index in [1.165, 1.54) is 11.8 Å². The lowest BCUT2D eigenvalue weighted by atomic mass is 9.95. The molecule has 1 N–H and O–H groups in total. The highest BCUT2D eigenvalue weighted by Crippen LogP contribution is 2.46. The van der Waals surface area contributed by atoms with Gasteiger partial charge in [0, 0.05) is 11.1 Å². The SMILES string of the molecule is CCOC(=O)CS[C@]1(c2cc(C)cc(C)c2)NC(=O)c2ccccc21. The lowest BCUT2D eigenvalue weighted by Crippen LogP contribution is -2.38. The summed E-state index contributed by atoms with van der Waals surface area (Å²) < 4.78 is 5.07. The number of carbonyl (C=O) groups is 2. The third-order valence-electron chi connectivity index (χ3n) is 4.18. The number of amides is 1. The quantitative estimate of drug-likeness (QED) is 0.834. The van der Waals surface area contributed by atoms with E-state index < -0.39 is 4.87 Å². The van der Waals surface area contributed by atoms with Crippen molar-refractivity contribution in [2.45, 2.75) is 25.6 Å². The number of rotatable bonds is 5. The Morgan fingerprint density at radius 1 is 1.16 bits per heavy atom. The molecule has 0 saturated carbocycles. The van der Waals surface area contributed by atoms with Crippen molar-refractivity contribution in [3.63, 3.8) is 0 Å². The molecular weight excluding hydrogens is 334 g/mol. The van der Waals surface area contributed by atoms with Crippen LogP contribution in [0.25, 0.3) is 0 Å². The molecule has 1 aliphatic heterocycles. The van der Waals surface area contributed by atoms with E-state index in [0.717, 1.165) is 22.3 Å². The molecule has 5 heteroatoms. The predicted octanol–water partition coefficient (Wildman–Crippen LogP) is 3.54. The average Bonchev–Trinajstić information content (AvgIpc) is 2.86. The van der Waals surface area contributed by atoms with Gasteiger partial charge in [-0.1, -0.05) is 47.5 Å². The molecule has 130 valence electrons. The Morgan fingerprint density at radius 3 is 2.52 bits per heavy atom. The Hall–Kier alpha value is -2.27. The van der Waals surface area contributed by atoms with E-state index >= 15 is 0 Å². The maximum atomic E-state index is 12.6. The van der Waals surface area contributed by atoms with E-state index in [0.29, 0.717) is 12.2 Å². The number of fused-ring (bicyclic) bond motifs is 1. The van der Waals surface area contributed by atoms with Crippen LogP contribution in [0.1, 0.15) is 39.5 Å². The van der Waals surface area contributed by atoms with E-state index in [9.17, 15) is 9.59 Å². The van der Waals surface area contributed by atoms with Crippen molar-refractivity contribution < 1.29 is 14.3 Å². The van der Waals surface area contributed by atoms with E-state index in [1.54, 1.807) is 6.92 Å². The van der Waals surface area contributed by atoms with Crippen LogP contribution in [0.3, 0.4) is 0 Å².